The number of thioether (sulfide) groups is 1. The number of rotatable bonds is 13. The highest BCUT2D eigenvalue weighted by atomic mass is 32.2. The van der Waals surface area contributed by atoms with Crippen molar-refractivity contribution >= 4 is 17.5 Å². The van der Waals surface area contributed by atoms with Crippen molar-refractivity contribution in [2.75, 3.05) is 19.6 Å². The van der Waals surface area contributed by atoms with Crippen LogP contribution in [0.3, 0.4) is 0 Å². The van der Waals surface area contributed by atoms with Crippen LogP contribution in [0.25, 0.3) is 0 Å². The minimum atomic E-state index is -0.0468. The fourth-order valence-electron chi connectivity index (χ4n) is 3.32. The van der Waals surface area contributed by atoms with E-state index in [1.54, 1.807) is 0 Å². The number of likely N-dealkylation sites (tertiary alicyclic amines) is 1. The summed E-state index contributed by atoms with van der Waals surface area (Å²) in [4.78, 5) is 14.5. The molecule has 25 heavy (non-hydrogen) atoms. The van der Waals surface area contributed by atoms with E-state index in [-0.39, 0.29) is 5.25 Å². The molecule has 142 valence electrons. The number of hydrogen-bond donors (Lipinski definition) is 1. The summed E-state index contributed by atoms with van der Waals surface area (Å²) in [5.41, 5.74) is 0. The smallest absolute Gasteiger partial charge is 0.231 e. The van der Waals surface area contributed by atoms with E-state index >= 15 is 0 Å². The van der Waals surface area contributed by atoms with Gasteiger partial charge >= 0.3 is 0 Å². The van der Waals surface area contributed by atoms with Gasteiger partial charge in [0, 0.05) is 19.5 Å². The van der Waals surface area contributed by atoms with Crippen molar-refractivity contribution in [1.82, 2.24) is 25.5 Å². The van der Waals surface area contributed by atoms with Gasteiger partial charge in [-0.05, 0) is 18.2 Å². The van der Waals surface area contributed by atoms with Crippen LogP contribution in [-0.2, 0) is 4.79 Å². The van der Waals surface area contributed by atoms with Gasteiger partial charge in [0.15, 0.2) is 0 Å². The van der Waals surface area contributed by atoms with Crippen molar-refractivity contribution in [3.8, 4) is 0 Å². The van der Waals surface area contributed by atoms with Gasteiger partial charge in [-0.15, -0.1) is 10.2 Å². The number of carbonyl (C=O) groups is 1. The molecule has 1 aliphatic heterocycles. The molecule has 2 rings (SSSR count). The van der Waals surface area contributed by atoms with Crippen LogP contribution in [0, 0.1) is 0 Å². The van der Waals surface area contributed by atoms with Gasteiger partial charge in [0.1, 0.15) is 5.78 Å². The standard InChI is InChI=1S/C18H33N5OS/c1-2-3-4-5-6-7-8-9-10-11-13-23-14-12-16(24)17(15-23)25-18-19-21-22-20-18/h17H,2-15H2,1H3,(H,19,20,21,22). The van der Waals surface area contributed by atoms with Gasteiger partial charge in [0.05, 0.1) is 5.25 Å². The molecule has 0 aliphatic carbocycles. The number of H-pyrrole nitrogens is 1. The predicted molar refractivity (Wildman–Crippen MR) is 102 cm³/mol. The largest absolute Gasteiger partial charge is 0.301 e. The number of nitrogens with zero attached hydrogens (tertiary/aromatic N) is 4. The van der Waals surface area contributed by atoms with Crippen molar-refractivity contribution in [2.24, 2.45) is 0 Å². The summed E-state index contributed by atoms with van der Waals surface area (Å²) in [6.45, 7) is 5.09. The van der Waals surface area contributed by atoms with Crippen LogP contribution in [0.1, 0.15) is 77.6 Å². The van der Waals surface area contributed by atoms with Gasteiger partial charge < -0.3 is 4.90 Å². The number of aromatic nitrogens is 4. The molecule has 1 N–H and O–H groups in total. The van der Waals surface area contributed by atoms with Gasteiger partial charge in [0.2, 0.25) is 5.16 Å². The summed E-state index contributed by atoms with van der Waals surface area (Å²) in [5.74, 6) is 0.314. The van der Waals surface area contributed by atoms with Crippen molar-refractivity contribution in [3.05, 3.63) is 0 Å². The van der Waals surface area contributed by atoms with Gasteiger partial charge in [-0.25, -0.2) is 0 Å². The molecular formula is C18H33N5OS. The molecule has 0 amide bonds. The number of tetrazole rings is 1. The van der Waals surface area contributed by atoms with E-state index in [1.165, 1.54) is 76.0 Å². The van der Waals surface area contributed by atoms with E-state index < -0.39 is 0 Å². The Hall–Kier alpha value is -0.950. The fraction of sp³-hybridized carbons (Fsp3) is 0.889. The first-order valence-corrected chi connectivity index (χ1v) is 10.8. The van der Waals surface area contributed by atoms with E-state index in [2.05, 4.69) is 32.4 Å². The lowest BCUT2D eigenvalue weighted by atomic mass is 10.1. The fourth-order valence-corrected chi connectivity index (χ4v) is 4.29. The molecule has 1 aromatic heterocycles. The third-order valence-corrected chi connectivity index (χ3v) is 5.94. The molecule has 0 radical (unpaired) electrons. The number of Topliss-reactive ketones (excluding diaryl/α,β-unsaturated/α-hetero) is 1. The molecule has 0 aromatic carbocycles. The van der Waals surface area contributed by atoms with Crippen LogP contribution in [0.2, 0.25) is 0 Å². The zero-order chi connectivity index (χ0) is 17.7. The van der Waals surface area contributed by atoms with Crippen LogP contribution in [0.15, 0.2) is 5.16 Å². The van der Waals surface area contributed by atoms with E-state index in [0.717, 1.165) is 19.6 Å². The average Bonchev–Trinajstić information content (AvgIpc) is 3.12. The quantitative estimate of drug-likeness (QED) is 0.534. The molecule has 0 saturated carbocycles. The van der Waals surface area contributed by atoms with Crippen molar-refractivity contribution in [2.45, 2.75) is 88.0 Å². The number of nitrogens with one attached hydrogen (secondary N) is 1. The molecule has 1 saturated heterocycles. The summed E-state index contributed by atoms with van der Waals surface area (Å²) in [6.07, 6.45) is 14.3. The van der Waals surface area contributed by atoms with E-state index in [0.29, 0.717) is 17.4 Å². The lowest BCUT2D eigenvalue weighted by Crippen LogP contribution is -2.43. The first-order chi connectivity index (χ1) is 12.3. The second-order valence-electron chi connectivity index (χ2n) is 7.00. The minimum Gasteiger partial charge on any atom is -0.301 e. The van der Waals surface area contributed by atoms with Crippen molar-refractivity contribution in [1.29, 1.82) is 0 Å². The second kappa shape index (κ2) is 12.4. The zero-order valence-electron chi connectivity index (χ0n) is 15.6. The average molecular weight is 368 g/mol. The SMILES string of the molecule is CCCCCCCCCCCCN1CCC(=O)C(Sc2nn[nH]n2)C1. The maximum atomic E-state index is 12.1. The Morgan fingerprint density at radius 2 is 1.76 bits per heavy atom. The van der Waals surface area contributed by atoms with Crippen LogP contribution >= 0.6 is 11.8 Å². The number of ketones is 1. The summed E-state index contributed by atoms with van der Waals surface area (Å²) < 4.78 is 0. The highest BCUT2D eigenvalue weighted by Crippen LogP contribution is 2.24. The maximum Gasteiger partial charge on any atom is 0.231 e. The summed E-state index contributed by atoms with van der Waals surface area (Å²) >= 11 is 1.43. The third-order valence-electron chi connectivity index (χ3n) is 4.86. The molecule has 7 heteroatoms. The first kappa shape index (κ1) is 20.4. The normalized spacial score (nSPS) is 18.8. The number of piperidine rings is 1. The molecule has 1 aliphatic rings. The van der Waals surface area contributed by atoms with E-state index in [4.69, 9.17) is 0 Å². The van der Waals surface area contributed by atoms with Gasteiger partial charge in [-0.2, -0.15) is 5.21 Å². The molecule has 2 heterocycles. The van der Waals surface area contributed by atoms with Crippen molar-refractivity contribution < 1.29 is 4.79 Å². The summed E-state index contributed by atoms with van der Waals surface area (Å²) in [5, 5.41) is 14.4. The lowest BCUT2D eigenvalue weighted by molar-refractivity contribution is -0.120. The molecule has 0 bridgehead atoms. The van der Waals surface area contributed by atoms with Crippen LogP contribution in [0.5, 0.6) is 0 Å². The number of hydrogen-bond acceptors (Lipinski definition) is 6. The molecule has 6 nitrogen and oxygen atoms in total. The van der Waals surface area contributed by atoms with Gasteiger partial charge in [-0.1, -0.05) is 76.5 Å². The lowest BCUT2D eigenvalue weighted by Gasteiger charge is -2.30. The van der Waals surface area contributed by atoms with E-state index in [1.807, 2.05) is 0 Å². The topological polar surface area (TPSA) is 74.8 Å². The molecule has 0 spiro atoms. The number of carbonyl (C=O) groups excluding carboxylic acids is 1. The van der Waals surface area contributed by atoms with E-state index in [9.17, 15) is 4.79 Å². The summed E-state index contributed by atoms with van der Waals surface area (Å²) in [7, 11) is 0. The van der Waals surface area contributed by atoms with Gasteiger partial charge in [0.25, 0.3) is 0 Å². The second-order valence-corrected chi connectivity index (χ2v) is 8.17. The first-order valence-electron chi connectivity index (χ1n) is 9.94. The monoisotopic (exact) mass is 367 g/mol. The zero-order valence-corrected chi connectivity index (χ0v) is 16.4. The van der Waals surface area contributed by atoms with Crippen LogP contribution < -0.4 is 0 Å². The highest BCUT2D eigenvalue weighted by molar-refractivity contribution is 8.00. The third kappa shape index (κ3) is 8.31. The maximum absolute atomic E-state index is 12.1. The highest BCUT2D eigenvalue weighted by Gasteiger charge is 2.28. The number of unbranched alkanes of at least 4 members (excludes halogenated alkanes) is 9. The van der Waals surface area contributed by atoms with Gasteiger partial charge in [-0.3, -0.25) is 4.79 Å². The molecular weight excluding hydrogens is 334 g/mol. The van der Waals surface area contributed by atoms with Crippen LogP contribution in [-0.4, -0.2) is 56.2 Å². The Bertz CT molecular complexity index is 468. The Morgan fingerprint density at radius 1 is 1.08 bits per heavy atom. The predicted octanol–water partition coefficient (Wildman–Crippen LogP) is 3.86. The van der Waals surface area contributed by atoms with Crippen molar-refractivity contribution in [3.63, 3.8) is 0 Å². The minimum absolute atomic E-state index is 0.0468. The molecule has 1 unspecified atom stereocenters. The Balaban J connectivity index is 1.50. The number of aromatic amines is 1. The van der Waals surface area contributed by atoms with Crippen LogP contribution in [0.4, 0.5) is 0 Å². The summed E-state index contributed by atoms with van der Waals surface area (Å²) in [6, 6.07) is 0. The Kier molecular flexibility index (Phi) is 10.1. The Labute approximate surface area is 155 Å². The Morgan fingerprint density at radius 3 is 2.40 bits per heavy atom. The molecule has 1 fully saturated rings. The molecule has 1 atom stereocenters. The molecule has 1 aromatic rings.